The number of carbonyl (C=O) groups is 2. The van der Waals surface area contributed by atoms with Crippen LogP contribution in [0.3, 0.4) is 0 Å². The van der Waals surface area contributed by atoms with Gasteiger partial charge in [-0.2, -0.15) is 0 Å². The van der Waals surface area contributed by atoms with Crippen molar-refractivity contribution in [3.8, 4) is 0 Å². The second-order valence-electron chi connectivity index (χ2n) is 3.81. The summed E-state index contributed by atoms with van der Waals surface area (Å²) in [6.07, 6.45) is 1.60. The van der Waals surface area contributed by atoms with E-state index in [4.69, 9.17) is 4.74 Å². The third kappa shape index (κ3) is 1.74. The number of esters is 1. The Morgan fingerprint density at radius 3 is 2.86 bits per heavy atom. The summed E-state index contributed by atoms with van der Waals surface area (Å²) < 4.78 is 4.96. The number of hydrogen-bond acceptors (Lipinski definition) is 3. The molecule has 5 heteroatoms. The Balaban J connectivity index is 0.000000980. The molecule has 0 N–H and O–H groups in total. The second kappa shape index (κ2) is 3.89. The smallest absolute Gasteiger partial charge is 0.327 e. The second-order valence-corrected chi connectivity index (χ2v) is 3.81. The van der Waals surface area contributed by atoms with E-state index in [0.29, 0.717) is 6.54 Å². The summed E-state index contributed by atoms with van der Waals surface area (Å²) in [5.74, 6) is -0.482. The van der Waals surface area contributed by atoms with E-state index in [1.54, 1.807) is 4.90 Å². The maximum Gasteiger partial charge on any atom is 0.327 e. The minimum absolute atomic E-state index is 0. The number of fused-ring (bicyclic) bond motifs is 1. The monoisotopic (exact) mass is 271 g/mol. The minimum atomic E-state index is -1.21. The Kier molecular flexibility index (Phi) is 3.37. The number of amides is 1. The molecule has 2 saturated heterocycles. The van der Waals surface area contributed by atoms with Crippen LogP contribution in [0.5, 0.6) is 0 Å². The summed E-state index contributed by atoms with van der Waals surface area (Å²) in [7, 11) is 0. The normalized spacial score (nSPS) is 36.1. The summed E-state index contributed by atoms with van der Waals surface area (Å²) >= 11 is 0. The van der Waals surface area contributed by atoms with Crippen molar-refractivity contribution >= 4 is 11.9 Å². The van der Waals surface area contributed by atoms with Crippen LogP contribution in [0.25, 0.3) is 0 Å². The largest absolute Gasteiger partial charge is 0.481 e. The van der Waals surface area contributed by atoms with Crippen LogP contribution in [0.4, 0.5) is 0 Å². The molecule has 1 radical (unpaired) electrons. The first-order valence-corrected chi connectivity index (χ1v) is 4.42. The number of ether oxygens (including phenoxy) is 1. The van der Waals surface area contributed by atoms with Gasteiger partial charge in [0, 0.05) is 39.3 Å². The molecule has 0 saturated carbocycles. The first-order valence-electron chi connectivity index (χ1n) is 4.42. The number of carbonyl (C=O) groups excluding carboxylic acids is 2. The zero-order chi connectivity index (χ0) is 9.64. The van der Waals surface area contributed by atoms with Gasteiger partial charge in [-0.25, -0.2) is 4.79 Å². The Hall–Kier alpha value is 0.0439. The maximum atomic E-state index is 11.7. The zero-order valence-electron chi connectivity index (χ0n) is 8.16. The van der Waals surface area contributed by atoms with Gasteiger partial charge in [-0.1, -0.05) is 0 Å². The van der Waals surface area contributed by atoms with Crippen molar-refractivity contribution in [2.45, 2.75) is 31.4 Å². The van der Waals surface area contributed by atoms with Crippen molar-refractivity contribution in [2.75, 3.05) is 6.54 Å². The minimum Gasteiger partial charge on any atom is -0.481 e. The van der Waals surface area contributed by atoms with E-state index in [9.17, 15) is 9.59 Å². The summed E-state index contributed by atoms with van der Waals surface area (Å²) in [4.78, 5) is 24.6. The molecule has 14 heavy (non-hydrogen) atoms. The molecular formula is C9H12NO3Y-. The summed E-state index contributed by atoms with van der Waals surface area (Å²) in [5.41, 5.74) is -1.21. The molecule has 2 unspecified atom stereocenters. The first kappa shape index (κ1) is 12.1. The number of hydrogen-bond donors (Lipinski definition) is 0. The van der Waals surface area contributed by atoms with Gasteiger partial charge in [-0.05, 0) is 19.8 Å². The van der Waals surface area contributed by atoms with Crippen LogP contribution in [0.15, 0.2) is 0 Å². The van der Waals surface area contributed by atoms with Crippen molar-refractivity contribution < 1.29 is 47.0 Å². The topological polar surface area (TPSA) is 46.6 Å². The first-order chi connectivity index (χ1) is 6.02. The maximum absolute atomic E-state index is 11.7. The molecule has 0 aromatic rings. The Labute approximate surface area is 108 Å². The molecule has 4 nitrogen and oxygen atoms in total. The molecule has 0 aliphatic carbocycles. The van der Waals surface area contributed by atoms with Gasteiger partial charge in [0.2, 0.25) is 5.91 Å². The zero-order valence-corrected chi connectivity index (χ0v) is 11.0. The Bertz CT molecular complexity index is 277. The van der Waals surface area contributed by atoms with Crippen LogP contribution in [-0.2, 0) is 47.0 Å². The molecule has 75 valence electrons. The number of morpholine rings is 1. The predicted molar refractivity (Wildman–Crippen MR) is 44.6 cm³/mol. The van der Waals surface area contributed by atoms with E-state index in [0.717, 1.165) is 12.8 Å². The molecule has 1 amide bonds. The Morgan fingerprint density at radius 1 is 1.57 bits per heavy atom. The summed E-state index contributed by atoms with van der Waals surface area (Å²) in [6.45, 7) is 5.77. The SMILES string of the molecule is [CH2-]C1(C)OC(=O)C2CCCN2C1=O.[Y]. The van der Waals surface area contributed by atoms with Crippen LogP contribution in [-0.4, -0.2) is 35.0 Å². The Morgan fingerprint density at radius 2 is 2.21 bits per heavy atom. The van der Waals surface area contributed by atoms with Gasteiger partial charge in [0.25, 0.3) is 0 Å². The van der Waals surface area contributed by atoms with Gasteiger partial charge in [-0.15, -0.1) is 0 Å². The molecule has 0 bridgehead atoms. The molecule has 0 aromatic carbocycles. The van der Waals surface area contributed by atoms with Crippen LogP contribution in [0, 0.1) is 6.92 Å². The van der Waals surface area contributed by atoms with Gasteiger partial charge in [-0.3, -0.25) is 11.7 Å². The van der Waals surface area contributed by atoms with Crippen molar-refractivity contribution in [1.82, 2.24) is 4.90 Å². The van der Waals surface area contributed by atoms with E-state index >= 15 is 0 Å². The number of cyclic esters (lactones) is 1. The van der Waals surface area contributed by atoms with Crippen LogP contribution in [0.1, 0.15) is 19.8 Å². The van der Waals surface area contributed by atoms with E-state index in [1.807, 2.05) is 0 Å². The van der Waals surface area contributed by atoms with E-state index in [-0.39, 0.29) is 50.6 Å². The average Bonchev–Trinajstić information content (AvgIpc) is 2.47. The molecule has 2 fully saturated rings. The van der Waals surface area contributed by atoms with Crippen molar-refractivity contribution in [3.63, 3.8) is 0 Å². The van der Waals surface area contributed by atoms with Gasteiger partial charge >= 0.3 is 5.97 Å². The van der Waals surface area contributed by atoms with Crippen molar-refractivity contribution in [1.29, 1.82) is 0 Å². The predicted octanol–water partition coefficient (Wildman–Crippen LogP) is 0.124. The standard InChI is InChI=1S/C9H12NO3.Y/c1-9(2)8(12)10-5-3-4-6(10)7(11)13-9;/h6H,1,3-5H2,2H3;/q-1;. The number of nitrogens with zero attached hydrogens (tertiary/aromatic N) is 1. The molecule has 0 spiro atoms. The van der Waals surface area contributed by atoms with Crippen LogP contribution >= 0.6 is 0 Å². The van der Waals surface area contributed by atoms with Crippen LogP contribution in [0.2, 0.25) is 0 Å². The molecule has 2 atom stereocenters. The van der Waals surface area contributed by atoms with Gasteiger partial charge in [0.15, 0.2) is 0 Å². The third-order valence-electron chi connectivity index (χ3n) is 2.56. The summed E-state index contributed by atoms with van der Waals surface area (Å²) in [6, 6.07) is -0.345. The third-order valence-corrected chi connectivity index (χ3v) is 2.56. The molecule has 2 heterocycles. The quantitative estimate of drug-likeness (QED) is 0.464. The van der Waals surface area contributed by atoms with Crippen molar-refractivity contribution in [2.24, 2.45) is 0 Å². The molecule has 2 rings (SSSR count). The van der Waals surface area contributed by atoms with Gasteiger partial charge in [0.05, 0.1) is 5.60 Å². The van der Waals surface area contributed by atoms with E-state index in [2.05, 4.69) is 6.92 Å². The molecule has 2 aliphatic heterocycles. The van der Waals surface area contributed by atoms with E-state index < -0.39 is 5.60 Å². The fourth-order valence-electron chi connectivity index (χ4n) is 1.89. The van der Waals surface area contributed by atoms with Crippen LogP contribution < -0.4 is 0 Å². The molecular weight excluding hydrogens is 259 g/mol. The molecule has 0 aromatic heterocycles. The van der Waals surface area contributed by atoms with Gasteiger partial charge < -0.3 is 9.64 Å². The fourth-order valence-corrected chi connectivity index (χ4v) is 1.89. The average molecular weight is 271 g/mol. The summed E-state index contributed by atoms with van der Waals surface area (Å²) in [5, 5.41) is 0. The fraction of sp³-hybridized carbons (Fsp3) is 0.667. The molecule has 2 aliphatic rings. The van der Waals surface area contributed by atoms with Crippen molar-refractivity contribution in [3.05, 3.63) is 6.92 Å². The number of rotatable bonds is 0. The van der Waals surface area contributed by atoms with E-state index in [1.165, 1.54) is 6.92 Å². The van der Waals surface area contributed by atoms with Gasteiger partial charge in [0.1, 0.15) is 6.04 Å².